The van der Waals surface area contributed by atoms with Gasteiger partial charge in [-0.2, -0.15) is 0 Å². The Kier molecular flexibility index (Phi) is 4.46. The van der Waals surface area contributed by atoms with Crippen molar-refractivity contribution in [2.45, 2.75) is 12.3 Å². The second-order valence-electron chi connectivity index (χ2n) is 4.04. The van der Waals surface area contributed by atoms with Gasteiger partial charge in [-0.1, -0.05) is 44.0 Å². The van der Waals surface area contributed by atoms with Gasteiger partial charge in [-0.3, -0.25) is 0 Å². The van der Waals surface area contributed by atoms with Crippen LogP contribution in [0.2, 0.25) is 0 Å². The zero-order chi connectivity index (χ0) is 13.3. The normalized spacial score (nSPS) is 12.5. The first-order valence-electron chi connectivity index (χ1n) is 5.34. The molecule has 0 aliphatic carbocycles. The molecular weight excluding hydrogens is 382 g/mol. The maximum Gasteiger partial charge on any atom is 0.123 e. The number of aryl methyl sites for hydroxylation is 1. The minimum atomic E-state index is -0.308. The number of halogens is 4. The van der Waals surface area contributed by atoms with Gasteiger partial charge < -0.3 is 0 Å². The lowest BCUT2D eigenvalue weighted by Crippen LogP contribution is -1.96. The maximum absolute atomic E-state index is 12.9. The molecule has 0 aromatic heterocycles. The van der Waals surface area contributed by atoms with Crippen molar-refractivity contribution >= 4 is 43.5 Å². The first kappa shape index (κ1) is 14.0. The van der Waals surface area contributed by atoms with Crippen LogP contribution in [0.1, 0.15) is 22.1 Å². The average Bonchev–Trinajstić information content (AvgIpc) is 2.34. The van der Waals surface area contributed by atoms with Gasteiger partial charge in [-0.15, -0.1) is 11.6 Å². The van der Waals surface area contributed by atoms with Gasteiger partial charge in [0.1, 0.15) is 5.82 Å². The van der Waals surface area contributed by atoms with E-state index in [1.165, 1.54) is 12.1 Å². The summed E-state index contributed by atoms with van der Waals surface area (Å²) in [6, 6.07) is 10.2. The Bertz CT molecular complexity index is 567. The van der Waals surface area contributed by atoms with E-state index in [9.17, 15) is 4.39 Å². The van der Waals surface area contributed by atoms with Gasteiger partial charge in [0, 0.05) is 8.95 Å². The van der Waals surface area contributed by atoms with E-state index in [0.717, 1.165) is 25.6 Å². The Labute approximate surface area is 127 Å². The van der Waals surface area contributed by atoms with E-state index in [0.29, 0.717) is 0 Å². The maximum atomic E-state index is 12.9. The molecule has 1 unspecified atom stereocenters. The van der Waals surface area contributed by atoms with Crippen LogP contribution < -0.4 is 0 Å². The van der Waals surface area contributed by atoms with Crippen molar-refractivity contribution in [3.63, 3.8) is 0 Å². The van der Waals surface area contributed by atoms with Crippen molar-refractivity contribution in [2.75, 3.05) is 0 Å². The highest BCUT2D eigenvalue weighted by atomic mass is 79.9. The fourth-order valence-corrected chi connectivity index (χ4v) is 3.17. The molecular formula is C14H10Br2ClF. The van der Waals surface area contributed by atoms with Crippen LogP contribution in [0, 0.1) is 12.7 Å². The Balaban J connectivity index is 2.42. The summed E-state index contributed by atoms with van der Waals surface area (Å²) in [6.07, 6.45) is 0. The molecule has 2 aromatic carbocycles. The molecule has 0 saturated carbocycles. The van der Waals surface area contributed by atoms with Gasteiger partial charge >= 0.3 is 0 Å². The van der Waals surface area contributed by atoms with E-state index < -0.39 is 0 Å². The first-order valence-corrected chi connectivity index (χ1v) is 7.36. The van der Waals surface area contributed by atoms with Crippen molar-refractivity contribution in [3.8, 4) is 0 Å². The molecule has 0 aliphatic rings. The Hall–Kier alpha value is -0.380. The minimum Gasteiger partial charge on any atom is -0.207 e. The van der Waals surface area contributed by atoms with E-state index in [1.54, 1.807) is 12.1 Å². The molecule has 0 saturated heterocycles. The van der Waals surface area contributed by atoms with E-state index in [1.807, 2.05) is 19.1 Å². The Morgan fingerprint density at radius 2 is 1.67 bits per heavy atom. The van der Waals surface area contributed by atoms with E-state index in [4.69, 9.17) is 11.6 Å². The Morgan fingerprint density at radius 1 is 1.06 bits per heavy atom. The summed E-state index contributed by atoms with van der Waals surface area (Å²) >= 11 is 13.4. The van der Waals surface area contributed by atoms with Gasteiger partial charge in [0.15, 0.2) is 0 Å². The molecule has 0 N–H and O–H groups in total. The molecule has 0 nitrogen and oxygen atoms in total. The predicted molar refractivity (Wildman–Crippen MR) is 80.7 cm³/mol. The molecule has 4 heteroatoms. The van der Waals surface area contributed by atoms with Crippen LogP contribution in [-0.2, 0) is 0 Å². The van der Waals surface area contributed by atoms with E-state index in [-0.39, 0.29) is 11.2 Å². The minimum absolute atomic E-state index is 0.258. The Morgan fingerprint density at radius 3 is 2.28 bits per heavy atom. The predicted octanol–water partition coefficient (Wildman–Crippen LogP) is 5.99. The van der Waals surface area contributed by atoms with Crippen molar-refractivity contribution in [1.82, 2.24) is 0 Å². The highest BCUT2D eigenvalue weighted by Gasteiger charge is 2.15. The third kappa shape index (κ3) is 2.95. The summed E-state index contributed by atoms with van der Waals surface area (Å²) in [5, 5.41) is -0.308. The topological polar surface area (TPSA) is 0 Å². The lowest BCUT2D eigenvalue weighted by atomic mass is 10.0. The van der Waals surface area contributed by atoms with Crippen molar-refractivity contribution < 1.29 is 4.39 Å². The number of alkyl halides is 1. The lowest BCUT2D eigenvalue weighted by Gasteiger charge is -2.14. The highest BCUT2D eigenvalue weighted by molar-refractivity contribution is 9.11. The van der Waals surface area contributed by atoms with Crippen molar-refractivity contribution in [1.29, 1.82) is 0 Å². The molecule has 0 spiro atoms. The standard InChI is InChI=1S/C14H10Br2ClF/c1-8-6-13(16)11(7-12(8)15)14(17)9-2-4-10(18)5-3-9/h2-7,14H,1H3. The second-order valence-corrected chi connectivity index (χ2v) is 6.18. The molecule has 0 fully saturated rings. The fourth-order valence-electron chi connectivity index (χ4n) is 1.67. The van der Waals surface area contributed by atoms with Gasteiger partial charge in [-0.25, -0.2) is 4.39 Å². The molecule has 0 heterocycles. The quantitative estimate of drug-likeness (QED) is 0.551. The average molecular weight is 392 g/mol. The van der Waals surface area contributed by atoms with Crippen LogP contribution in [0.15, 0.2) is 45.3 Å². The zero-order valence-electron chi connectivity index (χ0n) is 9.55. The summed E-state index contributed by atoms with van der Waals surface area (Å²) in [5.41, 5.74) is 2.96. The largest absolute Gasteiger partial charge is 0.207 e. The molecule has 2 aromatic rings. The van der Waals surface area contributed by atoms with Gasteiger partial charge in [0.05, 0.1) is 5.38 Å². The third-order valence-electron chi connectivity index (χ3n) is 2.71. The molecule has 18 heavy (non-hydrogen) atoms. The molecule has 0 bridgehead atoms. The van der Waals surface area contributed by atoms with E-state index in [2.05, 4.69) is 31.9 Å². The molecule has 0 amide bonds. The lowest BCUT2D eigenvalue weighted by molar-refractivity contribution is 0.627. The van der Waals surface area contributed by atoms with Crippen molar-refractivity contribution in [3.05, 3.63) is 67.9 Å². The van der Waals surface area contributed by atoms with Crippen molar-refractivity contribution in [2.24, 2.45) is 0 Å². The monoisotopic (exact) mass is 390 g/mol. The van der Waals surface area contributed by atoms with Crippen LogP contribution in [0.4, 0.5) is 4.39 Å². The summed E-state index contributed by atoms with van der Waals surface area (Å²) < 4.78 is 14.8. The molecule has 0 radical (unpaired) electrons. The number of hydrogen-bond acceptors (Lipinski definition) is 0. The SMILES string of the molecule is Cc1cc(Br)c(C(Cl)c2ccc(F)cc2)cc1Br. The number of rotatable bonds is 2. The van der Waals surface area contributed by atoms with Gasteiger partial charge in [0.25, 0.3) is 0 Å². The highest BCUT2D eigenvalue weighted by Crippen LogP contribution is 2.36. The smallest absolute Gasteiger partial charge is 0.123 e. The van der Waals surface area contributed by atoms with Crippen LogP contribution >= 0.6 is 43.5 Å². The summed E-state index contributed by atoms with van der Waals surface area (Å²) in [6.45, 7) is 2.01. The molecule has 94 valence electrons. The molecule has 1 atom stereocenters. The van der Waals surface area contributed by atoms with Gasteiger partial charge in [-0.05, 0) is 47.9 Å². The molecule has 0 aliphatic heterocycles. The van der Waals surface area contributed by atoms with E-state index >= 15 is 0 Å². The van der Waals surface area contributed by atoms with Gasteiger partial charge in [0.2, 0.25) is 0 Å². The summed E-state index contributed by atoms with van der Waals surface area (Å²) in [7, 11) is 0. The van der Waals surface area contributed by atoms with Crippen LogP contribution in [-0.4, -0.2) is 0 Å². The summed E-state index contributed by atoms with van der Waals surface area (Å²) in [4.78, 5) is 0. The second kappa shape index (κ2) is 5.72. The number of benzene rings is 2. The van der Waals surface area contributed by atoms with Crippen LogP contribution in [0.3, 0.4) is 0 Å². The fraction of sp³-hybridized carbons (Fsp3) is 0.143. The van der Waals surface area contributed by atoms with Crippen LogP contribution in [0.5, 0.6) is 0 Å². The third-order valence-corrected chi connectivity index (χ3v) is 4.74. The first-order chi connectivity index (χ1) is 8.49. The zero-order valence-corrected chi connectivity index (χ0v) is 13.5. The van der Waals surface area contributed by atoms with Crippen LogP contribution in [0.25, 0.3) is 0 Å². The summed E-state index contributed by atoms with van der Waals surface area (Å²) in [5.74, 6) is -0.258. The number of hydrogen-bond donors (Lipinski definition) is 0. The molecule has 2 rings (SSSR count).